The minimum absolute atomic E-state index is 0.129. The third kappa shape index (κ3) is 3.88. The first-order valence-electron chi connectivity index (χ1n) is 4.57. The maximum Gasteiger partial charge on any atom is 0.340 e. The molecule has 1 heterocycles. The van der Waals surface area contributed by atoms with E-state index in [0.29, 0.717) is 0 Å². The van der Waals surface area contributed by atoms with Crippen molar-refractivity contribution in [2.24, 2.45) is 5.84 Å². The average Bonchev–Trinajstić information content (AvgIpc) is 2.35. The number of aromatic nitrogens is 2. The molecule has 0 saturated carbocycles. The summed E-state index contributed by atoms with van der Waals surface area (Å²) in [6, 6.07) is 1.13. The molecule has 5 nitrogen and oxygen atoms in total. The molecule has 0 saturated heterocycles. The van der Waals surface area contributed by atoms with Gasteiger partial charge in [-0.1, -0.05) is 11.8 Å². The molecule has 0 aromatic carbocycles. The third-order valence-corrected chi connectivity index (χ3v) is 2.29. The molecule has 1 rings (SSSR count). The van der Waals surface area contributed by atoms with Gasteiger partial charge in [-0.15, -0.1) is 0 Å². The van der Waals surface area contributed by atoms with Gasteiger partial charge in [0.05, 0.1) is 0 Å². The Bertz CT molecular complexity index is 384. The predicted octanol–water partition coefficient (Wildman–Crippen LogP) is 1.76. The highest BCUT2D eigenvalue weighted by molar-refractivity contribution is 7.98. The third-order valence-electron chi connectivity index (χ3n) is 1.74. The molecule has 0 radical (unpaired) electrons. The molecule has 0 spiro atoms. The van der Waals surface area contributed by atoms with Crippen molar-refractivity contribution in [1.82, 2.24) is 9.97 Å². The van der Waals surface area contributed by atoms with E-state index in [4.69, 9.17) is 5.84 Å². The molecule has 102 valence electrons. The number of hydrogen-bond acceptors (Lipinski definition) is 6. The van der Waals surface area contributed by atoms with E-state index in [-0.39, 0.29) is 16.9 Å². The second-order valence-electron chi connectivity index (χ2n) is 3.07. The smallest absolute Gasteiger partial charge is 0.340 e. The molecule has 10 heteroatoms. The van der Waals surface area contributed by atoms with Crippen molar-refractivity contribution in [3.8, 4) is 5.88 Å². The summed E-state index contributed by atoms with van der Waals surface area (Å²) in [4.78, 5) is 7.57. The topological polar surface area (TPSA) is 73.1 Å². The van der Waals surface area contributed by atoms with Gasteiger partial charge in [0.15, 0.2) is 11.8 Å². The summed E-state index contributed by atoms with van der Waals surface area (Å²) in [5.74, 6) is 0.732. The summed E-state index contributed by atoms with van der Waals surface area (Å²) < 4.78 is 53.6. The zero-order valence-corrected chi connectivity index (χ0v) is 9.98. The molecule has 0 unspecified atom stereocenters. The van der Waals surface area contributed by atoms with E-state index in [9.17, 15) is 17.6 Å². The number of hydrazine groups is 1. The molecule has 3 N–H and O–H groups in total. The van der Waals surface area contributed by atoms with Crippen LogP contribution in [-0.2, 0) is 0 Å². The molecule has 0 aliphatic carbocycles. The number of nitrogens with two attached hydrogens (primary N) is 1. The molecule has 0 bridgehead atoms. The number of hydrogen-bond donors (Lipinski definition) is 2. The van der Waals surface area contributed by atoms with Gasteiger partial charge < -0.3 is 10.2 Å². The average molecular weight is 286 g/mol. The van der Waals surface area contributed by atoms with Crippen molar-refractivity contribution >= 4 is 17.6 Å². The van der Waals surface area contributed by atoms with E-state index in [1.165, 1.54) is 0 Å². The predicted molar refractivity (Wildman–Crippen MR) is 58.1 cm³/mol. The van der Waals surface area contributed by atoms with Crippen LogP contribution in [0.5, 0.6) is 5.88 Å². The standard InChI is InChI=1S/C8H10F4N4OS/c1-18-7-14-4(16-13)2-5(15-7)17-3-8(11,12)6(9)10/h2,6H,3,13H2,1H3,(H,14,15,16). The summed E-state index contributed by atoms with van der Waals surface area (Å²) >= 11 is 1.12. The van der Waals surface area contributed by atoms with Crippen LogP contribution in [-0.4, -0.2) is 35.2 Å². The molecule has 1 aromatic heterocycles. The summed E-state index contributed by atoms with van der Waals surface area (Å²) in [6.45, 7) is -1.47. The van der Waals surface area contributed by atoms with Gasteiger partial charge in [-0.2, -0.15) is 13.8 Å². The number of thioether (sulfide) groups is 1. The Hall–Kier alpha value is -1.29. The van der Waals surface area contributed by atoms with Crippen LogP contribution < -0.4 is 16.0 Å². The first-order valence-corrected chi connectivity index (χ1v) is 5.80. The number of nitrogens with zero attached hydrogens (tertiary/aromatic N) is 2. The first kappa shape index (κ1) is 14.8. The van der Waals surface area contributed by atoms with E-state index in [1.807, 2.05) is 0 Å². The lowest BCUT2D eigenvalue weighted by molar-refractivity contribution is -0.148. The van der Waals surface area contributed by atoms with Crippen molar-refractivity contribution < 1.29 is 22.3 Å². The molecule has 1 aromatic rings. The highest BCUT2D eigenvalue weighted by Gasteiger charge is 2.41. The second-order valence-corrected chi connectivity index (χ2v) is 3.85. The highest BCUT2D eigenvalue weighted by Crippen LogP contribution is 2.25. The Morgan fingerprint density at radius 3 is 2.67 bits per heavy atom. The normalized spacial score (nSPS) is 11.7. The van der Waals surface area contributed by atoms with Crippen LogP contribution in [0.1, 0.15) is 0 Å². The van der Waals surface area contributed by atoms with Crippen molar-refractivity contribution in [3.05, 3.63) is 6.07 Å². The van der Waals surface area contributed by atoms with Crippen molar-refractivity contribution in [1.29, 1.82) is 0 Å². The van der Waals surface area contributed by atoms with Crippen molar-refractivity contribution in [3.63, 3.8) is 0 Å². The Labute approximate surface area is 104 Å². The lowest BCUT2D eigenvalue weighted by atomic mass is 10.4. The van der Waals surface area contributed by atoms with E-state index in [0.717, 1.165) is 17.8 Å². The van der Waals surface area contributed by atoms with Gasteiger partial charge >= 0.3 is 12.3 Å². The molecule has 0 fully saturated rings. The Morgan fingerprint density at radius 1 is 1.50 bits per heavy atom. The maximum atomic E-state index is 12.6. The van der Waals surface area contributed by atoms with Gasteiger partial charge in [0.1, 0.15) is 5.82 Å². The van der Waals surface area contributed by atoms with Gasteiger partial charge in [0.25, 0.3) is 0 Å². The largest absolute Gasteiger partial charge is 0.471 e. The van der Waals surface area contributed by atoms with E-state index in [1.54, 1.807) is 6.26 Å². The van der Waals surface area contributed by atoms with Crippen LogP contribution >= 0.6 is 11.8 Å². The van der Waals surface area contributed by atoms with Crippen LogP contribution in [0.15, 0.2) is 11.2 Å². The molecule has 0 aliphatic rings. The summed E-state index contributed by atoms with van der Waals surface area (Å²) in [6.07, 6.45) is -2.15. The van der Waals surface area contributed by atoms with Crippen LogP contribution in [0, 0.1) is 0 Å². The summed E-state index contributed by atoms with van der Waals surface area (Å²) in [5, 5.41) is 0.209. The maximum absolute atomic E-state index is 12.6. The van der Waals surface area contributed by atoms with Crippen LogP contribution in [0.2, 0.25) is 0 Å². The lowest BCUT2D eigenvalue weighted by Gasteiger charge is -2.15. The molecule has 0 amide bonds. The minimum Gasteiger partial charge on any atom is -0.471 e. The number of nitrogens with one attached hydrogen (secondary N) is 1. The van der Waals surface area contributed by atoms with Crippen LogP contribution in [0.25, 0.3) is 0 Å². The molecule has 0 atom stereocenters. The van der Waals surface area contributed by atoms with Gasteiger partial charge in [-0.3, -0.25) is 0 Å². The summed E-state index contributed by atoms with van der Waals surface area (Å²) in [5.41, 5.74) is 2.18. The first-order chi connectivity index (χ1) is 8.39. The molecule has 0 aliphatic heterocycles. The second kappa shape index (κ2) is 6.05. The van der Waals surface area contributed by atoms with E-state index < -0.39 is 19.0 Å². The minimum atomic E-state index is -4.24. The van der Waals surface area contributed by atoms with Crippen molar-refractivity contribution in [2.45, 2.75) is 17.5 Å². The molecule has 18 heavy (non-hydrogen) atoms. The number of nitrogen functional groups attached to an aromatic ring is 1. The number of ether oxygens (including phenoxy) is 1. The quantitative estimate of drug-likeness (QED) is 0.273. The fourth-order valence-electron chi connectivity index (χ4n) is 0.876. The van der Waals surface area contributed by atoms with Gasteiger partial charge in [0.2, 0.25) is 5.88 Å². The Morgan fingerprint density at radius 2 is 2.17 bits per heavy atom. The fourth-order valence-corrected chi connectivity index (χ4v) is 1.25. The number of alkyl halides is 4. The number of rotatable bonds is 6. The van der Waals surface area contributed by atoms with Crippen LogP contribution in [0.4, 0.5) is 23.4 Å². The Kier molecular flexibility index (Phi) is 4.96. The van der Waals surface area contributed by atoms with E-state index >= 15 is 0 Å². The number of anilines is 1. The van der Waals surface area contributed by atoms with Gasteiger partial charge in [0, 0.05) is 6.07 Å². The zero-order chi connectivity index (χ0) is 13.8. The van der Waals surface area contributed by atoms with Gasteiger partial charge in [-0.05, 0) is 6.26 Å². The van der Waals surface area contributed by atoms with Crippen molar-refractivity contribution in [2.75, 3.05) is 18.3 Å². The molecular weight excluding hydrogens is 276 g/mol. The van der Waals surface area contributed by atoms with Gasteiger partial charge in [-0.25, -0.2) is 19.6 Å². The Balaban J connectivity index is 2.78. The molecular formula is C8H10F4N4OS. The monoisotopic (exact) mass is 286 g/mol. The zero-order valence-electron chi connectivity index (χ0n) is 9.16. The fraction of sp³-hybridized carbons (Fsp3) is 0.500. The highest BCUT2D eigenvalue weighted by atomic mass is 32.2. The van der Waals surface area contributed by atoms with E-state index in [2.05, 4.69) is 20.1 Å². The summed E-state index contributed by atoms with van der Waals surface area (Å²) in [7, 11) is 0. The SMILES string of the molecule is CSc1nc(NN)cc(OCC(F)(F)C(F)F)n1. The number of halogens is 4. The lowest BCUT2D eigenvalue weighted by Crippen LogP contribution is -2.34. The van der Waals surface area contributed by atoms with Crippen LogP contribution in [0.3, 0.4) is 0 Å².